The average Bonchev–Trinajstić information content (AvgIpc) is 3.10. The third-order valence-electron chi connectivity index (χ3n) is 3.53. The van der Waals surface area contributed by atoms with Gasteiger partial charge in [0.05, 0.1) is 10.9 Å². The number of thiophene rings is 1. The lowest BCUT2D eigenvalue weighted by molar-refractivity contribution is 0.602. The summed E-state index contributed by atoms with van der Waals surface area (Å²) in [7, 11) is -3.16. The Morgan fingerprint density at radius 1 is 1.25 bits per heavy atom. The van der Waals surface area contributed by atoms with Crippen LogP contribution in [0.4, 0.5) is 5.69 Å². The quantitative estimate of drug-likeness (QED) is 0.916. The number of hydrogen-bond acceptors (Lipinski definition) is 4. The SMILES string of the molecule is CS(=O)(=O)c1cccc(NC(c2cccs2)C2CC2)c1. The van der Waals surface area contributed by atoms with Gasteiger partial charge in [0.25, 0.3) is 0 Å². The van der Waals surface area contributed by atoms with Gasteiger partial charge in [0.2, 0.25) is 0 Å². The molecule has 1 saturated carbocycles. The highest BCUT2D eigenvalue weighted by molar-refractivity contribution is 7.90. The highest BCUT2D eigenvalue weighted by atomic mass is 32.2. The van der Waals surface area contributed by atoms with Gasteiger partial charge in [-0.2, -0.15) is 0 Å². The van der Waals surface area contributed by atoms with Gasteiger partial charge in [0, 0.05) is 16.8 Å². The summed E-state index contributed by atoms with van der Waals surface area (Å²) in [6.07, 6.45) is 3.71. The van der Waals surface area contributed by atoms with Crippen LogP contribution >= 0.6 is 11.3 Å². The lowest BCUT2D eigenvalue weighted by Crippen LogP contribution is -2.11. The second-order valence-corrected chi connectivity index (χ2v) is 8.27. The Kier molecular flexibility index (Phi) is 3.56. The lowest BCUT2D eigenvalue weighted by atomic mass is 10.1. The molecule has 1 atom stereocenters. The predicted octanol–water partition coefficient (Wildman–Crippen LogP) is 3.71. The highest BCUT2D eigenvalue weighted by Gasteiger charge is 2.32. The van der Waals surface area contributed by atoms with Gasteiger partial charge in [-0.15, -0.1) is 11.3 Å². The number of nitrogens with one attached hydrogen (secondary N) is 1. The fourth-order valence-electron chi connectivity index (χ4n) is 2.32. The van der Waals surface area contributed by atoms with Crippen molar-refractivity contribution in [3.63, 3.8) is 0 Å². The molecule has 106 valence electrons. The van der Waals surface area contributed by atoms with Crippen LogP contribution in [0.15, 0.2) is 46.7 Å². The number of hydrogen-bond donors (Lipinski definition) is 1. The summed E-state index contributed by atoms with van der Waals surface area (Å²) in [6.45, 7) is 0. The normalized spacial score (nSPS) is 16.9. The fourth-order valence-corrected chi connectivity index (χ4v) is 3.85. The van der Waals surface area contributed by atoms with Gasteiger partial charge in [-0.3, -0.25) is 0 Å². The van der Waals surface area contributed by atoms with Gasteiger partial charge in [-0.1, -0.05) is 12.1 Å². The lowest BCUT2D eigenvalue weighted by Gasteiger charge is -2.18. The first-order chi connectivity index (χ1) is 9.54. The summed E-state index contributed by atoms with van der Waals surface area (Å²) in [6, 6.07) is 11.6. The first-order valence-corrected chi connectivity index (χ1v) is 9.41. The molecule has 0 spiro atoms. The summed E-state index contributed by atoms with van der Waals surface area (Å²) < 4.78 is 23.2. The van der Waals surface area contributed by atoms with Crippen molar-refractivity contribution in [2.45, 2.75) is 23.8 Å². The second-order valence-electron chi connectivity index (χ2n) is 5.27. The van der Waals surface area contributed by atoms with E-state index in [1.165, 1.54) is 24.0 Å². The zero-order valence-electron chi connectivity index (χ0n) is 11.2. The minimum atomic E-state index is -3.16. The van der Waals surface area contributed by atoms with Crippen LogP contribution in [0.1, 0.15) is 23.8 Å². The summed E-state index contributed by atoms with van der Waals surface area (Å²) in [5.74, 6) is 0.663. The Labute approximate surface area is 123 Å². The number of anilines is 1. The molecule has 20 heavy (non-hydrogen) atoms. The molecule has 0 saturated heterocycles. The Hall–Kier alpha value is -1.33. The monoisotopic (exact) mass is 307 g/mol. The standard InChI is InChI=1S/C15H17NO2S2/c1-20(17,18)13-5-2-4-12(10-13)16-15(11-7-8-11)14-6-3-9-19-14/h2-6,9-11,15-16H,7-8H2,1H3. The number of benzene rings is 1. The number of sulfone groups is 1. The van der Waals surface area contributed by atoms with Crippen molar-refractivity contribution in [2.75, 3.05) is 11.6 Å². The highest BCUT2D eigenvalue weighted by Crippen LogP contribution is 2.44. The van der Waals surface area contributed by atoms with Crippen LogP contribution in [0.25, 0.3) is 0 Å². The summed E-state index contributed by atoms with van der Waals surface area (Å²) in [4.78, 5) is 1.68. The van der Waals surface area contributed by atoms with E-state index in [4.69, 9.17) is 0 Å². The minimum absolute atomic E-state index is 0.296. The molecular formula is C15H17NO2S2. The van der Waals surface area contributed by atoms with E-state index in [1.807, 2.05) is 6.07 Å². The molecule has 1 unspecified atom stereocenters. The third kappa shape index (κ3) is 3.04. The van der Waals surface area contributed by atoms with Gasteiger partial charge in [-0.25, -0.2) is 8.42 Å². The molecule has 0 amide bonds. The molecule has 0 radical (unpaired) electrons. The van der Waals surface area contributed by atoms with E-state index in [0.717, 1.165) is 5.69 Å². The molecule has 1 heterocycles. The molecule has 0 bridgehead atoms. The summed E-state index contributed by atoms with van der Waals surface area (Å²) in [5.41, 5.74) is 0.873. The van der Waals surface area contributed by atoms with E-state index >= 15 is 0 Å². The second kappa shape index (κ2) is 5.22. The van der Waals surface area contributed by atoms with Gasteiger partial charge in [-0.05, 0) is 48.4 Å². The van der Waals surface area contributed by atoms with Crippen molar-refractivity contribution in [2.24, 2.45) is 5.92 Å². The fraction of sp³-hybridized carbons (Fsp3) is 0.333. The van der Waals surface area contributed by atoms with Crippen molar-refractivity contribution in [3.05, 3.63) is 46.7 Å². The molecule has 1 aromatic carbocycles. The van der Waals surface area contributed by atoms with Crippen LogP contribution in [0, 0.1) is 5.92 Å². The molecule has 1 aliphatic rings. The van der Waals surface area contributed by atoms with Gasteiger partial charge in [0.15, 0.2) is 9.84 Å². The average molecular weight is 307 g/mol. The van der Waals surface area contributed by atoms with Crippen LogP contribution in [0.2, 0.25) is 0 Å². The van der Waals surface area contributed by atoms with Crippen LogP contribution < -0.4 is 5.32 Å². The maximum Gasteiger partial charge on any atom is 0.175 e. The van der Waals surface area contributed by atoms with Crippen molar-refractivity contribution < 1.29 is 8.42 Å². The molecular weight excluding hydrogens is 290 g/mol. The molecule has 1 aromatic heterocycles. The Morgan fingerprint density at radius 3 is 2.65 bits per heavy atom. The van der Waals surface area contributed by atoms with Crippen LogP contribution in [-0.4, -0.2) is 14.7 Å². The summed E-state index contributed by atoms with van der Waals surface area (Å²) >= 11 is 1.75. The molecule has 1 N–H and O–H groups in total. The van der Waals surface area contributed by atoms with E-state index < -0.39 is 9.84 Å². The van der Waals surface area contributed by atoms with Crippen molar-refractivity contribution in [1.29, 1.82) is 0 Å². The summed E-state index contributed by atoms with van der Waals surface area (Å²) in [5, 5.41) is 5.58. The maximum atomic E-state index is 11.6. The molecule has 3 nitrogen and oxygen atoms in total. The van der Waals surface area contributed by atoms with Gasteiger partial charge < -0.3 is 5.32 Å². The van der Waals surface area contributed by atoms with Gasteiger partial charge >= 0.3 is 0 Å². The first kappa shape index (κ1) is 13.6. The molecule has 2 aromatic rings. The molecule has 1 aliphatic carbocycles. The van der Waals surface area contributed by atoms with E-state index in [-0.39, 0.29) is 0 Å². The Bertz CT molecular complexity index is 688. The van der Waals surface area contributed by atoms with Gasteiger partial charge in [0.1, 0.15) is 0 Å². The topological polar surface area (TPSA) is 46.2 Å². The van der Waals surface area contributed by atoms with Crippen LogP contribution in [0.5, 0.6) is 0 Å². The molecule has 3 rings (SSSR count). The maximum absolute atomic E-state index is 11.6. The number of rotatable bonds is 5. The third-order valence-corrected chi connectivity index (χ3v) is 5.59. The Morgan fingerprint density at radius 2 is 2.05 bits per heavy atom. The largest absolute Gasteiger partial charge is 0.377 e. The predicted molar refractivity (Wildman–Crippen MR) is 83.0 cm³/mol. The van der Waals surface area contributed by atoms with Crippen molar-refractivity contribution >= 4 is 26.9 Å². The molecule has 5 heteroatoms. The van der Waals surface area contributed by atoms with E-state index in [1.54, 1.807) is 29.5 Å². The van der Waals surface area contributed by atoms with Crippen LogP contribution in [0.3, 0.4) is 0 Å². The molecule has 0 aliphatic heterocycles. The zero-order chi connectivity index (χ0) is 14.2. The first-order valence-electron chi connectivity index (χ1n) is 6.64. The minimum Gasteiger partial charge on any atom is -0.377 e. The van der Waals surface area contributed by atoms with E-state index in [2.05, 4.69) is 22.8 Å². The van der Waals surface area contributed by atoms with Crippen LogP contribution in [-0.2, 0) is 9.84 Å². The van der Waals surface area contributed by atoms with E-state index in [0.29, 0.717) is 16.9 Å². The van der Waals surface area contributed by atoms with E-state index in [9.17, 15) is 8.42 Å². The van der Waals surface area contributed by atoms with Crippen molar-refractivity contribution in [1.82, 2.24) is 0 Å². The smallest absolute Gasteiger partial charge is 0.175 e. The zero-order valence-corrected chi connectivity index (χ0v) is 12.9. The van der Waals surface area contributed by atoms with Crippen molar-refractivity contribution in [3.8, 4) is 0 Å². The molecule has 1 fully saturated rings. The Balaban J connectivity index is 1.86.